The van der Waals surface area contributed by atoms with Gasteiger partial charge in [0.15, 0.2) is 0 Å². The van der Waals surface area contributed by atoms with Gasteiger partial charge in [0.25, 0.3) is 0 Å². The van der Waals surface area contributed by atoms with Crippen LogP contribution in [0.2, 0.25) is 0 Å². The van der Waals surface area contributed by atoms with Gasteiger partial charge in [-0.2, -0.15) is 0 Å². The molecule has 0 saturated carbocycles. The highest BCUT2D eigenvalue weighted by atomic mass is 32.2. The third-order valence-corrected chi connectivity index (χ3v) is 6.89. The summed E-state index contributed by atoms with van der Waals surface area (Å²) in [5.41, 5.74) is 0.959. The summed E-state index contributed by atoms with van der Waals surface area (Å²) in [6, 6.07) is 6.88. The number of alkyl halides is 2. The molecule has 11 heteroatoms. The first-order chi connectivity index (χ1) is 15.7. The van der Waals surface area contributed by atoms with Gasteiger partial charge in [0.05, 0.1) is 25.2 Å². The minimum absolute atomic E-state index is 0.107. The zero-order valence-corrected chi connectivity index (χ0v) is 18.7. The SMILES string of the molecule is CN1CCOc2ccccc2-c2cccc(c2F)C[C@H]2[C@@H](NS(=O)(=O)CF)[C@@H](F)CN2C1=O. The fraction of sp³-hybridized carbons (Fsp3) is 0.409. The van der Waals surface area contributed by atoms with Gasteiger partial charge in [-0.15, -0.1) is 0 Å². The highest BCUT2D eigenvalue weighted by Gasteiger charge is 2.47. The minimum atomic E-state index is -4.42. The summed E-state index contributed by atoms with van der Waals surface area (Å²) in [6.07, 6.45) is -1.95. The van der Waals surface area contributed by atoms with Gasteiger partial charge < -0.3 is 14.5 Å². The van der Waals surface area contributed by atoms with Crippen LogP contribution < -0.4 is 9.46 Å². The molecule has 1 fully saturated rings. The van der Waals surface area contributed by atoms with Crippen molar-refractivity contribution in [3.05, 3.63) is 53.8 Å². The molecule has 3 atom stereocenters. The smallest absolute Gasteiger partial charge is 0.320 e. The predicted octanol–water partition coefficient (Wildman–Crippen LogP) is 2.72. The first-order valence-corrected chi connectivity index (χ1v) is 12.1. The summed E-state index contributed by atoms with van der Waals surface area (Å²) in [5.74, 6) is -0.130. The van der Waals surface area contributed by atoms with Gasteiger partial charge in [-0.05, 0) is 18.1 Å². The second-order valence-electron chi connectivity index (χ2n) is 8.13. The average molecular weight is 484 g/mol. The van der Waals surface area contributed by atoms with Gasteiger partial charge in [-0.3, -0.25) is 0 Å². The highest BCUT2D eigenvalue weighted by Crippen LogP contribution is 2.35. The van der Waals surface area contributed by atoms with Gasteiger partial charge in [-0.25, -0.2) is 31.1 Å². The molecule has 2 aromatic rings. The Hall–Kier alpha value is -2.79. The Morgan fingerprint density at radius 1 is 1.15 bits per heavy atom. The van der Waals surface area contributed by atoms with E-state index in [-0.39, 0.29) is 30.7 Å². The fourth-order valence-electron chi connectivity index (χ4n) is 4.31. The average Bonchev–Trinajstić information content (AvgIpc) is 3.09. The molecule has 1 N–H and O–H groups in total. The van der Waals surface area contributed by atoms with E-state index in [4.69, 9.17) is 4.74 Å². The van der Waals surface area contributed by atoms with Gasteiger partial charge in [-0.1, -0.05) is 36.4 Å². The van der Waals surface area contributed by atoms with Crippen molar-refractivity contribution in [2.75, 3.05) is 32.8 Å². The summed E-state index contributed by atoms with van der Waals surface area (Å²) >= 11 is 0. The third kappa shape index (κ3) is 4.65. The van der Waals surface area contributed by atoms with Crippen molar-refractivity contribution in [3.63, 3.8) is 0 Å². The first kappa shape index (κ1) is 23.4. The zero-order chi connectivity index (χ0) is 23.8. The highest BCUT2D eigenvalue weighted by molar-refractivity contribution is 7.89. The van der Waals surface area contributed by atoms with Crippen LogP contribution in [0, 0.1) is 5.82 Å². The van der Waals surface area contributed by atoms with Gasteiger partial charge in [0.2, 0.25) is 16.0 Å². The molecule has 33 heavy (non-hydrogen) atoms. The lowest BCUT2D eigenvalue weighted by Crippen LogP contribution is -2.52. The van der Waals surface area contributed by atoms with Crippen molar-refractivity contribution in [1.29, 1.82) is 0 Å². The van der Waals surface area contributed by atoms with Crippen molar-refractivity contribution in [2.24, 2.45) is 0 Å². The number of urea groups is 1. The Bertz CT molecular complexity index is 1150. The Morgan fingerprint density at radius 2 is 1.88 bits per heavy atom. The lowest BCUT2D eigenvalue weighted by atomic mass is 9.95. The van der Waals surface area contributed by atoms with E-state index >= 15 is 4.39 Å². The van der Waals surface area contributed by atoms with Gasteiger partial charge in [0, 0.05) is 18.2 Å². The summed E-state index contributed by atoms with van der Waals surface area (Å²) < 4.78 is 75.1. The summed E-state index contributed by atoms with van der Waals surface area (Å²) in [6.45, 7) is -0.139. The van der Waals surface area contributed by atoms with E-state index in [1.54, 1.807) is 36.4 Å². The second kappa shape index (κ2) is 9.22. The topological polar surface area (TPSA) is 79.0 Å². The number of ether oxygens (including phenoxy) is 1. The van der Waals surface area contributed by atoms with Crippen molar-refractivity contribution in [1.82, 2.24) is 14.5 Å². The number of hydrogen-bond donors (Lipinski definition) is 1. The molecule has 0 radical (unpaired) electrons. The molecule has 2 aliphatic rings. The monoisotopic (exact) mass is 483 g/mol. The van der Waals surface area contributed by atoms with E-state index in [2.05, 4.69) is 0 Å². The van der Waals surface area contributed by atoms with E-state index in [1.807, 2.05) is 4.72 Å². The Kier molecular flexibility index (Phi) is 6.53. The van der Waals surface area contributed by atoms with Crippen LogP contribution in [0.3, 0.4) is 0 Å². The number of nitrogens with zero attached hydrogens (tertiary/aromatic N) is 2. The molecule has 2 aliphatic heterocycles. The minimum Gasteiger partial charge on any atom is -0.491 e. The van der Waals surface area contributed by atoms with E-state index in [9.17, 15) is 22.0 Å². The molecular weight excluding hydrogens is 459 g/mol. The van der Waals surface area contributed by atoms with Crippen molar-refractivity contribution < 1.29 is 31.1 Å². The van der Waals surface area contributed by atoms with Crippen LogP contribution in [0.15, 0.2) is 42.5 Å². The number of hydrogen-bond acceptors (Lipinski definition) is 4. The van der Waals surface area contributed by atoms with Crippen LogP contribution >= 0.6 is 0 Å². The second-order valence-corrected chi connectivity index (χ2v) is 9.82. The van der Waals surface area contributed by atoms with Crippen LogP contribution in [-0.4, -0.2) is 75.3 Å². The van der Waals surface area contributed by atoms with Gasteiger partial charge in [0.1, 0.15) is 24.3 Å². The lowest BCUT2D eigenvalue weighted by molar-refractivity contribution is 0.146. The number of fused-ring (bicyclic) bond motifs is 5. The molecular formula is C22H24F3N3O4S. The van der Waals surface area contributed by atoms with Crippen LogP contribution in [0.5, 0.6) is 5.75 Å². The Morgan fingerprint density at radius 3 is 2.64 bits per heavy atom. The maximum absolute atomic E-state index is 15.6. The van der Waals surface area contributed by atoms with Crippen LogP contribution in [0.4, 0.5) is 18.0 Å². The standard InChI is InChI=1S/C22H24F3N3O4S/c1-27-9-10-32-19-8-3-2-6-15(19)16-7-4-5-14(20(16)25)11-18-21(26-33(30,31)13-23)17(24)12-28(18)22(27)29/h2-8,17-18,21,26H,9-13H2,1H3/t17-,18-,21-/m0/s1. The number of benzene rings is 2. The molecule has 4 rings (SSSR count). The number of para-hydroxylation sites is 1. The molecule has 0 aliphatic carbocycles. The number of carbonyl (C=O) groups excluding carboxylic acids is 1. The molecule has 2 amide bonds. The van der Waals surface area contributed by atoms with Crippen molar-refractivity contribution in [2.45, 2.75) is 24.7 Å². The molecule has 2 heterocycles. The number of amides is 2. The number of nitrogens with one attached hydrogen (secondary N) is 1. The van der Waals surface area contributed by atoms with Crippen LogP contribution in [-0.2, 0) is 16.4 Å². The van der Waals surface area contributed by atoms with Crippen molar-refractivity contribution >= 4 is 16.1 Å². The molecule has 178 valence electrons. The predicted molar refractivity (Wildman–Crippen MR) is 116 cm³/mol. The van der Waals surface area contributed by atoms with Crippen molar-refractivity contribution in [3.8, 4) is 16.9 Å². The number of carbonyl (C=O) groups is 1. The largest absolute Gasteiger partial charge is 0.491 e. The number of rotatable bonds is 3. The normalized spacial score (nSPS) is 23.6. The third-order valence-electron chi connectivity index (χ3n) is 5.98. The van der Waals surface area contributed by atoms with Crippen LogP contribution in [0.25, 0.3) is 11.1 Å². The summed E-state index contributed by atoms with van der Waals surface area (Å²) in [7, 11) is -2.90. The quantitative estimate of drug-likeness (QED) is 0.728. The summed E-state index contributed by atoms with van der Waals surface area (Å²) in [5, 5.41) is 0. The number of likely N-dealkylation sites (N-methyl/N-ethyl adjacent to an activating group) is 1. The molecule has 2 bridgehead atoms. The molecule has 7 nitrogen and oxygen atoms in total. The Balaban J connectivity index is 1.81. The van der Waals surface area contributed by atoms with Crippen LogP contribution in [0.1, 0.15) is 5.56 Å². The van der Waals surface area contributed by atoms with E-state index < -0.39 is 52.7 Å². The van der Waals surface area contributed by atoms with E-state index in [1.165, 1.54) is 22.9 Å². The first-order valence-electron chi connectivity index (χ1n) is 10.4. The zero-order valence-electron chi connectivity index (χ0n) is 17.9. The lowest BCUT2D eigenvalue weighted by Gasteiger charge is -2.31. The molecule has 0 unspecified atom stereocenters. The fourth-order valence-corrected chi connectivity index (χ4v) is 5.10. The van der Waals surface area contributed by atoms with E-state index in [0.29, 0.717) is 11.3 Å². The number of sulfonamides is 1. The number of halogens is 3. The molecule has 0 aromatic heterocycles. The summed E-state index contributed by atoms with van der Waals surface area (Å²) in [4.78, 5) is 15.6. The molecule has 0 spiro atoms. The molecule has 1 saturated heterocycles. The maximum Gasteiger partial charge on any atom is 0.320 e. The molecule has 2 aromatic carbocycles. The van der Waals surface area contributed by atoms with E-state index in [0.717, 1.165) is 0 Å². The Labute approximate surface area is 190 Å². The maximum atomic E-state index is 15.6. The van der Waals surface area contributed by atoms with Gasteiger partial charge >= 0.3 is 6.03 Å².